The van der Waals surface area contributed by atoms with Crippen molar-refractivity contribution in [3.05, 3.63) is 36.5 Å². The fourth-order valence-corrected chi connectivity index (χ4v) is 7.60. The first-order chi connectivity index (χ1) is 28.8. The molecule has 0 spiro atoms. The van der Waals surface area contributed by atoms with E-state index >= 15 is 0 Å². The lowest BCUT2D eigenvalue weighted by molar-refractivity contribution is -0.161. The molecule has 9 nitrogen and oxygen atoms in total. The maximum atomic E-state index is 12.6. The van der Waals surface area contributed by atoms with Gasteiger partial charge in [-0.2, -0.15) is 0 Å². The first-order valence-electron chi connectivity index (χ1n) is 24.5. The van der Waals surface area contributed by atoms with Crippen LogP contribution in [0.4, 0.5) is 0 Å². The molecule has 346 valence electrons. The second-order valence-electron chi connectivity index (χ2n) is 16.3. The Morgan fingerprint density at radius 2 is 0.881 bits per heavy atom. The van der Waals surface area contributed by atoms with Gasteiger partial charge in [-0.1, -0.05) is 185 Å². The molecule has 2 atom stereocenters. The van der Waals surface area contributed by atoms with Crippen molar-refractivity contribution in [3.8, 4) is 0 Å². The van der Waals surface area contributed by atoms with E-state index in [0.29, 0.717) is 6.42 Å². The number of carbonyl (C=O) groups is 2. The molecule has 2 unspecified atom stereocenters. The molecule has 0 fully saturated rings. The van der Waals surface area contributed by atoms with Crippen molar-refractivity contribution < 1.29 is 37.6 Å². The van der Waals surface area contributed by atoms with Gasteiger partial charge in [-0.05, 0) is 70.6 Å². The van der Waals surface area contributed by atoms with Crippen LogP contribution in [0.5, 0.6) is 0 Å². The molecule has 0 heterocycles. The Bertz CT molecular complexity index is 1060. The summed E-state index contributed by atoms with van der Waals surface area (Å²) < 4.78 is 32.9. The van der Waals surface area contributed by atoms with E-state index in [1.165, 1.54) is 135 Å². The monoisotopic (exact) mass is 854 g/mol. The highest BCUT2D eigenvalue weighted by atomic mass is 31.2. The van der Waals surface area contributed by atoms with E-state index in [0.717, 1.165) is 64.2 Å². The highest BCUT2D eigenvalue weighted by Gasteiger charge is 2.26. The lowest BCUT2D eigenvalue weighted by Gasteiger charge is -2.19. The van der Waals surface area contributed by atoms with Gasteiger partial charge < -0.3 is 20.1 Å². The van der Waals surface area contributed by atoms with Crippen molar-refractivity contribution in [1.29, 1.82) is 0 Å². The van der Waals surface area contributed by atoms with Gasteiger partial charge in [0, 0.05) is 19.4 Å². The van der Waals surface area contributed by atoms with E-state index < -0.39 is 26.5 Å². The van der Waals surface area contributed by atoms with Gasteiger partial charge in [0.15, 0.2) is 6.10 Å². The van der Waals surface area contributed by atoms with Gasteiger partial charge in [-0.3, -0.25) is 18.6 Å². The summed E-state index contributed by atoms with van der Waals surface area (Å²) in [7, 11) is -4.38. The molecule has 0 amide bonds. The number of rotatable bonds is 46. The van der Waals surface area contributed by atoms with Crippen molar-refractivity contribution in [2.45, 2.75) is 238 Å². The molecule has 0 aromatic heterocycles. The van der Waals surface area contributed by atoms with E-state index in [1.54, 1.807) is 0 Å². The molecule has 0 aliphatic rings. The number of allylic oxidation sites excluding steroid dienone is 6. The molecule has 10 heteroatoms. The van der Waals surface area contributed by atoms with E-state index in [9.17, 15) is 19.0 Å². The summed E-state index contributed by atoms with van der Waals surface area (Å²) in [5, 5.41) is 0. The maximum absolute atomic E-state index is 12.6. The zero-order chi connectivity index (χ0) is 43.2. The van der Waals surface area contributed by atoms with Gasteiger partial charge >= 0.3 is 19.8 Å². The Labute approximate surface area is 363 Å². The number of esters is 2. The molecule has 0 saturated heterocycles. The Morgan fingerprint density at radius 3 is 1.31 bits per heavy atom. The summed E-state index contributed by atoms with van der Waals surface area (Å²) in [5.41, 5.74) is 5.36. The van der Waals surface area contributed by atoms with Crippen molar-refractivity contribution in [1.82, 2.24) is 0 Å². The minimum absolute atomic E-state index is 0.0522. The maximum Gasteiger partial charge on any atom is 0.472 e. The average Bonchev–Trinajstić information content (AvgIpc) is 3.22. The summed E-state index contributed by atoms with van der Waals surface area (Å²) in [5.74, 6) is -0.834. The topological polar surface area (TPSA) is 134 Å². The molecule has 0 bridgehead atoms. The van der Waals surface area contributed by atoms with Crippen molar-refractivity contribution in [2.75, 3.05) is 26.4 Å². The summed E-state index contributed by atoms with van der Waals surface area (Å²) >= 11 is 0. The summed E-state index contributed by atoms with van der Waals surface area (Å²) in [6.07, 6.45) is 51.8. The Kier molecular flexibility index (Phi) is 44.4. The van der Waals surface area contributed by atoms with Crippen LogP contribution in [0.1, 0.15) is 232 Å². The van der Waals surface area contributed by atoms with Crippen LogP contribution in [0.2, 0.25) is 0 Å². The third-order valence-corrected chi connectivity index (χ3v) is 11.5. The van der Waals surface area contributed by atoms with Crippen LogP contribution in [0, 0.1) is 0 Å². The quantitative estimate of drug-likeness (QED) is 0.0265. The Morgan fingerprint density at radius 1 is 0.508 bits per heavy atom. The van der Waals surface area contributed by atoms with Crippen LogP contribution in [0.15, 0.2) is 36.5 Å². The van der Waals surface area contributed by atoms with Gasteiger partial charge in [-0.15, -0.1) is 0 Å². The van der Waals surface area contributed by atoms with Gasteiger partial charge in [-0.25, -0.2) is 4.57 Å². The van der Waals surface area contributed by atoms with Crippen LogP contribution < -0.4 is 5.73 Å². The molecule has 0 rings (SSSR count). The second-order valence-corrected chi connectivity index (χ2v) is 17.8. The zero-order valence-electron chi connectivity index (χ0n) is 38.2. The SMILES string of the molecule is CCCCCCC/C=C\C/C=C\CCCCCCCCCCCCCC(=O)OC(COC(=O)CCCCCCC/C=C\CCCCCCCC)COP(=O)(O)OCCN. The largest absolute Gasteiger partial charge is 0.472 e. The summed E-state index contributed by atoms with van der Waals surface area (Å²) in [4.78, 5) is 35.0. The smallest absolute Gasteiger partial charge is 0.462 e. The molecule has 0 aromatic carbocycles. The number of phosphoric ester groups is 1. The van der Waals surface area contributed by atoms with Crippen molar-refractivity contribution >= 4 is 19.8 Å². The molecule has 0 saturated carbocycles. The van der Waals surface area contributed by atoms with Crippen LogP contribution in [0.3, 0.4) is 0 Å². The predicted molar refractivity (Wildman–Crippen MR) is 247 cm³/mol. The molecule has 3 N–H and O–H groups in total. The van der Waals surface area contributed by atoms with E-state index in [-0.39, 0.29) is 38.6 Å². The van der Waals surface area contributed by atoms with E-state index in [4.69, 9.17) is 24.3 Å². The minimum atomic E-state index is -4.38. The summed E-state index contributed by atoms with van der Waals surface area (Å²) in [6.45, 7) is 3.73. The van der Waals surface area contributed by atoms with Gasteiger partial charge in [0.05, 0.1) is 13.2 Å². The molecule has 0 radical (unpaired) electrons. The summed E-state index contributed by atoms with van der Waals surface area (Å²) in [6, 6.07) is 0. The van der Waals surface area contributed by atoms with E-state index in [1.807, 2.05) is 0 Å². The van der Waals surface area contributed by atoms with Gasteiger partial charge in [0.2, 0.25) is 0 Å². The Balaban J connectivity index is 4.06. The van der Waals surface area contributed by atoms with Crippen molar-refractivity contribution in [2.24, 2.45) is 5.73 Å². The minimum Gasteiger partial charge on any atom is -0.462 e. The average molecular weight is 854 g/mol. The molecule has 0 aliphatic carbocycles. The number of phosphoric acid groups is 1. The van der Waals surface area contributed by atoms with Crippen LogP contribution in [0.25, 0.3) is 0 Å². The number of hydrogen-bond donors (Lipinski definition) is 2. The molecule has 0 aliphatic heterocycles. The number of hydrogen-bond acceptors (Lipinski definition) is 8. The number of unbranched alkanes of at least 4 members (excludes halogenated alkanes) is 27. The van der Waals surface area contributed by atoms with Gasteiger partial charge in [0.1, 0.15) is 6.61 Å². The van der Waals surface area contributed by atoms with Crippen LogP contribution in [-0.2, 0) is 32.7 Å². The predicted octanol–water partition coefficient (Wildman–Crippen LogP) is 14.5. The molecule has 0 aromatic rings. The van der Waals surface area contributed by atoms with Crippen LogP contribution >= 0.6 is 7.82 Å². The highest BCUT2D eigenvalue weighted by Crippen LogP contribution is 2.43. The van der Waals surface area contributed by atoms with Crippen molar-refractivity contribution in [3.63, 3.8) is 0 Å². The lowest BCUT2D eigenvalue weighted by atomic mass is 10.0. The highest BCUT2D eigenvalue weighted by molar-refractivity contribution is 7.47. The van der Waals surface area contributed by atoms with Crippen LogP contribution in [-0.4, -0.2) is 49.3 Å². The number of ether oxygens (including phenoxy) is 2. The van der Waals surface area contributed by atoms with E-state index in [2.05, 4.69) is 50.3 Å². The Hall–Kier alpha value is -1.77. The first-order valence-corrected chi connectivity index (χ1v) is 26.0. The fraction of sp³-hybridized carbons (Fsp3) is 0.837. The molecular weight excluding hydrogens is 762 g/mol. The fourth-order valence-electron chi connectivity index (χ4n) is 6.84. The zero-order valence-corrected chi connectivity index (χ0v) is 39.1. The molecular formula is C49H92NO8P. The standard InChI is InChI=1S/C49H92NO8P/c1-3-5-7-9-11-13-15-17-19-20-21-22-23-24-25-26-28-30-32-34-36-38-40-42-49(52)58-47(46-57-59(53,54)56-44-43-50)45-55-48(51)41-39-37-35-33-31-29-27-18-16-14-12-10-8-6-4-2/h15,17-18,20-21,27,47H,3-14,16,19,22-26,28-46,50H2,1-2H3,(H,53,54)/b17-15-,21-20-,27-18-. The second kappa shape index (κ2) is 45.7. The third-order valence-electron chi connectivity index (χ3n) is 10.5. The molecule has 59 heavy (non-hydrogen) atoms. The number of nitrogens with two attached hydrogens (primary N) is 1. The normalized spacial score (nSPS) is 13.5. The first kappa shape index (κ1) is 57.2. The number of carbonyl (C=O) groups excluding carboxylic acids is 2. The third kappa shape index (κ3) is 45.6. The lowest BCUT2D eigenvalue weighted by Crippen LogP contribution is -2.29. The van der Waals surface area contributed by atoms with Gasteiger partial charge in [0.25, 0.3) is 0 Å².